The van der Waals surface area contributed by atoms with Crippen LogP contribution in [0.25, 0.3) is 5.76 Å². The molecule has 0 amide bonds. The van der Waals surface area contributed by atoms with Gasteiger partial charge in [-0.1, -0.05) is 0 Å². The molecule has 20 heavy (non-hydrogen) atoms. The third kappa shape index (κ3) is 4.42. The molecule has 0 aromatic heterocycles. The lowest BCUT2D eigenvalue weighted by molar-refractivity contribution is -0.384. The van der Waals surface area contributed by atoms with Crippen molar-refractivity contribution >= 4 is 17.4 Å². The highest BCUT2D eigenvalue weighted by atomic mass is 16.6. The molecule has 0 atom stereocenters. The lowest BCUT2D eigenvalue weighted by atomic mass is 10.1. The van der Waals surface area contributed by atoms with Crippen molar-refractivity contribution in [1.82, 2.24) is 0 Å². The van der Waals surface area contributed by atoms with Gasteiger partial charge in [-0.3, -0.25) is 10.1 Å². The number of nitro groups is 1. The highest BCUT2D eigenvalue weighted by Crippen LogP contribution is 2.19. The second-order valence-corrected chi connectivity index (χ2v) is 3.54. The van der Waals surface area contributed by atoms with Crippen LogP contribution in [0, 0.1) is 21.4 Å². The third-order valence-electron chi connectivity index (χ3n) is 2.21. The topological polar surface area (TPSA) is 102 Å². The van der Waals surface area contributed by atoms with E-state index in [-0.39, 0.29) is 24.7 Å². The number of nitro benzene ring substituents is 1. The molecule has 0 aliphatic rings. The van der Waals surface area contributed by atoms with Crippen molar-refractivity contribution in [2.75, 3.05) is 13.2 Å². The maximum absolute atomic E-state index is 11.2. The second-order valence-electron chi connectivity index (χ2n) is 3.54. The van der Waals surface area contributed by atoms with E-state index in [1.54, 1.807) is 13.0 Å². The number of benzene rings is 1. The number of rotatable bonds is 6. The van der Waals surface area contributed by atoms with Crippen LogP contribution in [0.1, 0.15) is 12.5 Å². The fourth-order valence-corrected chi connectivity index (χ4v) is 1.35. The Morgan fingerprint density at radius 3 is 2.55 bits per heavy atom. The van der Waals surface area contributed by atoms with Crippen molar-refractivity contribution in [3.8, 4) is 6.07 Å². The molecule has 0 N–H and O–H groups in total. The predicted molar refractivity (Wildman–Crippen MR) is 69.3 cm³/mol. The van der Waals surface area contributed by atoms with Crippen LogP contribution in [-0.2, 0) is 14.3 Å². The van der Waals surface area contributed by atoms with Gasteiger partial charge < -0.3 is 9.47 Å². The molecule has 0 fully saturated rings. The number of nitrogens with zero attached hydrogens (tertiary/aromatic N) is 2. The van der Waals surface area contributed by atoms with E-state index in [0.29, 0.717) is 5.56 Å². The first kappa shape index (κ1) is 15.2. The van der Waals surface area contributed by atoms with Gasteiger partial charge in [0.15, 0.2) is 6.61 Å². The first-order chi connectivity index (χ1) is 9.58. The highest BCUT2D eigenvalue weighted by molar-refractivity contribution is 5.73. The van der Waals surface area contributed by atoms with Crippen LogP contribution in [0.2, 0.25) is 0 Å². The zero-order valence-corrected chi connectivity index (χ0v) is 10.7. The number of hydrogen-bond donors (Lipinski definition) is 0. The largest absolute Gasteiger partial charge is 0.481 e. The lowest BCUT2D eigenvalue weighted by Gasteiger charge is -2.09. The van der Waals surface area contributed by atoms with Crippen LogP contribution in [-0.4, -0.2) is 24.1 Å². The Balaban J connectivity index is 2.82. The third-order valence-corrected chi connectivity index (χ3v) is 2.21. The molecule has 7 nitrogen and oxygen atoms in total. The van der Waals surface area contributed by atoms with Crippen molar-refractivity contribution in [3.05, 3.63) is 46.0 Å². The number of allylic oxidation sites excluding steroid dienone is 1. The van der Waals surface area contributed by atoms with E-state index in [4.69, 9.17) is 14.7 Å². The number of non-ortho nitro benzene ring substituents is 1. The molecule has 104 valence electrons. The van der Waals surface area contributed by atoms with E-state index in [1.165, 1.54) is 24.3 Å². The molecular weight excluding hydrogens is 264 g/mol. The molecule has 1 aromatic carbocycles. The van der Waals surface area contributed by atoms with Crippen LogP contribution < -0.4 is 0 Å². The van der Waals surface area contributed by atoms with E-state index in [0.717, 1.165) is 6.08 Å². The molecule has 0 spiro atoms. The summed E-state index contributed by atoms with van der Waals surface area (Å²) in [6.07, 6.45) is 1.11. The van der Waals surface area contributed by atoms with E-state index < -0.39 is 10.9 Å². The van der Waals surface area contributed by atoms with Crippen molar-refractivity contribution in [2.24, 2.45) is 0 Å². The summed E-state index contributed by atoms with van der Waals surface area (Å²) in [7, 11) is 0. The Bertz CT molecular complexity index is 557. The van der Waals surface area contributed by atoms with Gasteiger partial charge >= 0.3 is 5.97 Å². The molecule has 1 aromatic rings. The summed E-state index contributed by atoms with van der Waals surface area (Å²) in [5.74, 6) is -0.409. The molecule has 0 aliphatic carbocycles. The van der Waals surface area contributed by atoms with Crippen LogP contribution >= 0.6 is 0 Å². The van der Waals surface area contributed by atoms with Gasteiger partial charge in [-0.05, 0) is 19.1 Å². The Labute approximate surface area is 115 Å². The normalized spacial score (nSPS) is 10.5. The average Bonchev–Trinajstić information content (AvgIpc) is 2.44. The lowest BCUT2D eigenvalue weighted by Crippen LogP contribution is -2.12. The van der Waals surface area contributed by atoms with Gasteiger partial charge in [-0.25, -0.2) is 4.79 Å². The quantitative estimate of drug-likeness (QED) is 0.259. The Hall–Kier alpha value is -2.88. The molecule has 0 heterocycles. The molecule has 0 aliphatic heterocycles. The number of esters is 1. The number of hydrogen-bond acceptors (Lipinski definition) is 6. The summed E-state index contributed by atoms with van der Waals surface area (Å²) in [6, 6.07) is 7.23. The minimum Gasteiger partial charge on any atom is -0.481 e. The van der Waals surface area contributed by atoms with Crippen molar-refractivity contribution in [3.63, 3.8) is 0 Å². The summed E-state index contributed by atoms with van der Waals surface area (Å²) in [6.45, 7) is 1.57. The summed E-state index contributed by atoms with van der Waals surface area (Å²) in [5, 5.41) is 19.2. The Morgan fingerprint density at radius 2 is 2.05 bits per heavy atom. The minimum absolute atomic E-state index is 0.0737. The van der Waals surface area contributed by atoms with Crippen LogP contribution in [0.5, 0.6) is 0 Å². The molecule has 1 rings (SSSR count). The Morgan fingerprint density at radius 1 is 1.40 bits per heavy atom. The number of ether oxygens (including phenoxy) is 2. The smallest absolute Gasteiger partial charge is 0.344 e. The SMILES string of the molecule is CCOC(=O)COC(=CC#N)c1ccc([N+](=O)[O-])cc1. The fraction of sp³-hybridized carbons (Fsp3) is 0.231. The number of nitriles is 1. The van der Waals surface area contributed by atoms with Gasteiger partial charge in [0.25, 0.3) is 5.69 Å². The molecular formula is C13H12N2O5. The van der Waals surface area contributed by atoms with Gasteiger partial charge in [-0.2, -0.15) is 5.26 Å². The molecule has 7 heteroatoms. The Kier molecular flexibility index (Phi) is 5.72. The molecule has 0 radical (unpaired) electrons. The summed E-state index contributed by atoms with van der Waals surface area (Å²) < 4.78 is 9.87. The van der Waals surface area contributed by atoms with E-state index in [9.17, 15) is 14.9 Å². The number of carbonyl (C=O) groups is 1. The zero-order chi connectivity index (χ0) is 15.0. The first-order valence-corrected chi connectivity index (χ1v) is 5.71. The summed E-state index contributed by atoms with van der Waals surface area (Å²) >= 11 is 0. The van der Waals surface area contributed by atoms with Gasteiger partial charge in [0.1, 0.15) is 5.76 Å². The van der Waals surface area contributed by atoms with Crippen LogP contribution in [0.4, 0.5) is 5.69 Å². The molecule has 0 unspecified atom stereocenters. The van der Waals surface area contributed by atoms with Crippen molar-refractivity contribution < 1.29 is 19.2 Å². The van der Waals surface area contributed by atoms with E-state index in [2.05, 4.69) is 0 Å². The van der Waals surface area contributed by atoms with Crippen molar-refractivity contribution in [2.45, 2.75) is 6.92 Å². The monoisotopic (exact) mass is 276 g/mol. The predicted octanol–water partition coefficient (Wildman–Crippen LogP) is 2.04. The molecule has 0 saturated carbocycles. The highest BCUT2D eigenvalue weighted by Gasteiger charge is 2.10. The second kappa shape index (κ2) is 7.53. The summed E-state index contributed by atoms with van der Waals surface area (Å²) in [4.78, 5) is 21.2. The number of carbonyl (C=O) groups excluding carboxylic acids is 1. The van der Waals surface area contributed by atoms with Gasteiger partial charge in [0.05, 0.1) is 23.7 Å². The van der Waals surface area contributed by atoms with E-state index in [1.807, 2.05) is 0 Å². The van der Waals surface area contributed by atoms with Gasteiger partial charge in [0, 0.05) is 17.7 Å². The standard InChI is InChI=1S/C13H12N2O5/c1-2-19-13(16)9-20-12(7-8-14)10-3-5-11(6-4-10)15(17)18/h3-7H,2,9H2,1H3. The van der Waals surface area contributed by atoms with E-state index >= 15 is 0 Å². The fourth-order valence-electron chi connectivity index (χ4n) is 1.35. The van der Waals surface area contributed by atoms with Gasteiger partial charge in [0.2, 0.25) is 0 Å². The zero-order valence-electron chi connectivity index (χ0n) is 10.7. The van der Waals surface area contributed by atoms with Gasteiger partial charge in [-0.15, -0.1) is 0 Å². The molecule has 0 bridgehead atoms. The first-order valence-electron chi connectivity index (χ1n) is 5.71. The average molecular weight is 276 g/mol. The van der Waals surface area contributed by atoms with Crippen LogP contribution in [0.3, 0.4) is 0 Å². The van der Waals surface area contributed by atoms with Crippen molar-refractivity contribution in [1.29, 1.82) is 5.26 Å². The maximum Gasteiger partial charge on any atom is 0.344 e. The molecule has 0 saturated heterocycles. The van der Waals surface area contributed by atoms with Crippen LogP contribution in [0.15, 0.2) is 30.3 Å². The minimum atomic E-state index is -0.557. The maximum atomic E-state index is 11.2. The summed E-state index contributed by atoms with van der Waals surface area (Å²) in [5.41, 5.74) is 0.386.